The van der Waals surface area contributed by atoms with E-state index in [4.69, 9.17) is 0 Å². The van der Waals surface area contributed by atoms with Gasteiger partial charge in [0.15, 0.2) is 0 Å². The van der Waals surface area contributed by atoms with Gasteiger partial charge in [0.2, 0.25) is 17.2 Å². The van der Waals surface area contributed by atoms with E-state index in [1.165, 1.54) is 11.8 Å². The van der Waals surface area contributed by atoms with Crippen molar-refractivity contribution in [3.63, 3.8) is 0 Å². The van der Waals surface area contributed by atoms with Crippen LogP contribution in [0.1, 0.15) is 39.3 Å². The predicted molar refractivity (Wildman–Crippen MR) is 98.0 cm³/mol. The minimum absolute atomic E-state index is 0.0662. The highest BCUT2D eigenvalue weighted by Gasteiger charge is 2.82. The van der Waals surface area contributed by atoms with Crippen molar-refractivity contribution < 1.29 is 23.2 Å². The normalized spacial score (nSPS) is 28.9. The number of fused-ring (bicyclic) bond motifs is 1. The smallest absolute Gasteiger partial charge is 0.325 e. The van der Waals surface area contributed by atoms with Gasteiger partial charge < -0.3 is 4.90 Å². The molecule has 2 aliphatic heterocycles. The number of likely N-dealkylation sites (tertiary alicyclic amines) is 2. The molecule has 3 amide bonds. The van der Waals surface area contributed by atoms with Crippen LogP contribution in [0.3, 0.4) is 0 Å². The Balaban J connectivity index is 2.35. The molecule has 0 aliphatic carbocycles. The maximum absolute atomic E-state index is 14.9. The summed E-state index contributed by atoms with van der Waals surface area (Å²) in [6, 6.07) is 7.60. The first-order valence-corrected chi connectivity index (χ1v) is 9.51. The zero-order valence-corrected chi connectivity index (χ0v) is 17.1. The van der Waals surface area contributed by atoms with Crippen molar-refractivity contribution in [2.45, 2.75) is 44.1 Å². The second-order valence-corrected chi connectivity index (χ2v) is 8.87. The Morgan fingerprint density at radius 3 is 2.07 bits per heavy atom. The summed E-state index contributed by atoms with van der Waals surface area (Å²) < 4.78 is 29.8. The van der Waals surface area contributed by atoms with E-state index in [1.54, 1.807) is 51.1 Å². The van der Waals surface area contributed by atoms with Crippen LogP contribution in [0, 0.1) is 11.3 Å². The van der Waals surface area contributed by atoms with Gasteiger partial charge in [0.05, 0.1) is 12.0 Å². The molecule has 2 aliphatic rings. The molecule has 3 atom stereocenters. The minimum Gasteiger partial charge on any atom is -0.329 e. The Labute approximate surface area is 164 Å². The first-order valence-electron chi connectivity index (χ1n) is 8.72. The third-order valence-corrected chi connectivity index (χ3v) is 5.98. The van der Waals surface area contributed by atoms with Crippen LogP contribution in [-0.2, 0) is 14.4 Å². The van der Waals surface area contributed by atoms with E-state index in [9.17, 15) is 23.2 Å². The van der Waals surface area contributed by atoms with Crippen molar-refractivity contribution in [1.29, 1.82) is 0 Å². The molecule has 1 aromatic carbocycles. The Morgan fingerprint density at radius 1 is 1.07 bits per heavy atom. The van der Waals surface area contributed by atoms with Crippen LogP contribution in [0.5, 0.6) is 0 Å². The molecule has 2 saturated heterocycles. The Bertz CT molecular complexity index is 803. The maximum Gasteiger partial charge on any atom is 0.325 e. The summed E-state index contributed by atoms with van der Waals surface area (Å²) in [6.45, 7) is 6.57. The summed E-state index contributed by atoms with van der Waals surface area (Å²) in [6.07, 6.45) is 0. The second-order valence-electron chi connectivity index (χ2n) is 7.87. The maximum atomic E-state index is 14.9. The van der Waals surface area contributed by atoms with E-state index in [0.717, 1.165) is 4.90 Å². The lowest BCUT2D eigenvalue weighted by atomic mass is 9.75. The standard InChI is InChI=1S/C19H21BrF2N2O3/c1-5-23-14(25)12-13(11-9-7-6-8-10-11)24(17(2,3)4)16(27)18(12,15(23)26)19(20,21)22/h6-10,12-13H,5H2,1-4H3/t12-,13-,18-/m1/s1. The van der Waals surface area contributed by atoms with Crippen molar-refractivity contribution in [3.05, 3.63) is 35.9 Å². The molecule has 0 radical (unpaired) electrons. The number of halogens is 3. The molecule has 27 heavy (non-hydrogen) atoms. The van der Waals surface area contributed by atoms with Crippen molar-refractivity contribution in [2.75, 3.05) is 6.54 Å². The summed E-state index contributed by atoms with van der Waals surface area (Å²) >= 11 is 2.28. The van der Waals surface area contributed by atoms with Crippen LogP contribution >= 0.6 is 15.9 Å². The Morgan fingerprint density at radius 2 is 1.63 bits per heavy atom. The molecule has 0 bridgehead atoms. The van der Waals surface area contributed by atoms with Gasteiger partial charge in [0.25, 0.3) is 5.91 Å². The first-order chi connectivity index (χ1) is 12.4. The molecule has 2 heterocycles. The van der Waals surface area contributed by atoms with Gasteiger partial charge in [-0.05, 0) is 49.2 Å². The average Bonchev–Trinajstić information content (AvgIpc) is 2.97. The highest BCUT2D eigenvalue weighted by molar-refractivity contribution is 9.10. The molecule has 0 aromatic heterocycles. The minimum atomic E-state index is -3.87. The number of hydrogen-bond donors (Lipinski definition) is 0. The van der Waals surface area contributed by atoms with E-state index in [1.807, 2.05) is 0 Å². The van der Waals surface area contributed by atoms with E-state index in [-0.39, 0.29) is 6.54 Å². The summed E-state index contributed by atoms with van der Waals surface area (Å²) in [7, 11) is 0. The summed E-state index contributed by atoms with van der Waals surface area (Å²) in [5.41, 5.74) is -3.11. The number of alkyl halides is 3. The zero-order valence-electron chi connectivity index (χ0n) is 15.5. The third kappa shape index (κ3) is 2.48. The molecule has 2 fully saturated rings. The Kier molecular flexibility index (Phi) is 4.49. The van der Waals surface area contributed by atoms with Crippen molar-refractivity contribution in [1.82, 2.24) is 9.80 Å². The van der Waals surface area contributed by atoms with Crippen molar-refractivity contribution in [3.8, 4) is 0 Å². The zero-order chi connectivity index (χ0) is 20.4. The number of amides is 3. The fourth-order valence-corrected chi connectivity index (χ4v) is 4.88. The quantitative estimate of drug-likeness (QED) is 0.409. The van der Waals surface area contributed by atoms with Crippen LogP contribution in [0.25, 0.3) is 0 Å². The lowest BCUT2D eigenvalue weighted by molar-refractivity contribution is -0.162. The number of benzene rings is 1. The van der Waals surface area contributed by atoms with Gasteiger partial charge in [0.1, 0.15) is 0 Å². The molecule has 1 aromatic rings. The lowest BCUT2D eigenvalue weighted by Crippen LogP contribution is -2.55. The van der Waals surface area contributed by atoms with E-state index >= 15 is 0 Å². The second kappa shape index (κ2) is 6.09. The fraction of sp³-hybridized carbons (Fsp3) is 0.526. The SMILES string of the molecule is CCN1C(=O)[C@H]2[C@@H](c3ccccc3)N(C(C)(C)C)C(=O)[C@]2(C(F)(F)Br)C1=O. The number of nitrogens with zero attached hydrogens (tertiary/aromatic N) is 2. The number of imide groups is 1. The van der Waals surface area contributed by atoms with Crippen molar-refractivity contribution in [2.24, 2.45) is 11.3 Å². The lowest BCUT2D eigenvalue weighted by Gasteiger charge is -2.39. The monoisotopic (exact) mass is 442 g/mol. The van der Waals surface area contributed by atoms with E-state index < -0.39 is 45.5 Å². The fourth-order valence-electron chi connectivity index (χ4n) is 4.29. The average molecular weight is 443 g/mol. The molecule has 8 heteroatoms. The molecule has 0 spiro atoms. The number of carbonyl (C=O) groups excluding carboxylic acids is 3. The first kappa shape index (κ1) is 19.9. The topological polar surface area (TPSA) is 57.7 Å². The predicted octanol–water partition coefficient (Wildman–Crippen LogP) is 3.35. The van der Waals surface area contributed by atoms with E-state index in [0.29, 0.717) is 5.56 Å². The van der Waals surface area contributed by atoms with Gasteiger partial charge in [-0.15, -0.1) is 0 Å². The van der Waals surface area contributed by atoms with Gasteiger partial charge in [-0.2, -0.15) is 8.78 Å². The largest absolute Gasteiger partial charge is 0.329 e. The Hall–Kier alpha value is -1.83. The molecular weight excluding hydrogens is 422 g/mol. The summed E-state index contributed by atoms with van der Waals surface area (Å²) in [4.78, 5) is 37.6. The summed E-state index contributed by atoms with van der Waals surface area (Å²) in [5, 5.41) is 0. The van der Waals surface area contributed by atoms with E-state index in [2.05, 4.69) is 15.9 Å². The molecule has 0 N–H and O–H groups in total. The van der Waals surface area contributed by atoms with Gasteiger partial charge in [0, 0.05) is 12.1 Å². The van der Waals surface area contributed by atoms with Gasteiger partial charge in [-0.25, -0.2) is 0 Å². The molecule has 3 rings (SSSR count). The number of hydrogen-bond acceptors (Lipinski definition) is 3. The highest BCUT2D eigenvalue weighted by atomic mass is 79.9. The van der Waals surface area contributed by atoms with Crippen LogP contribution < -0.4 is 0 Å². The molecule has 0 saturated carbocycles. The van der Waals surface area contributed by atoms with Crippen LogP contribution in [0.2, 0.25) is 0 Å². The van der Waals surface area contributed by atoms with Gasteiger partial charge in [-0.1, -0.05) is 30.3 Å². The van der Waals surface area contributed by atoms with Crippen molar-refractivity contribution >= 4 is 33.7 Å². The van der Waals surface area contributed by atoms with Gasteiger partial charge in [-0.3, -0.25) is 19.3 Å². The van der Waals surface area contributed by atoms with Crippen LogP contribution in [0.4, 0.5) is 8.78 Å². The summed E-state index contributed by atoms with van der Waals surface area (Å²) in [5.74, 6) is -4.41. The molecule has 0 unspecified atom stereocenters. The highest BCUT2D eigenvalue weighted by Crippen LogP contribution is 2.63. The third-order valence-electron chi connectivity index (χ3n) is 5.36. The molecular formula is C19H21BrF2N2O3. The molecule has 5 nitrogen and oxygen atoms in total. The number of rotatable bonds is 3. The van der Waals surface area contributed by atoms with Crippen LogP contribution in [0.15, 0.2) is 30.3 Å². The van der Waals surface area contributed by atoms with Gasteiger partial charge >= 0.3 is 4.83 Å². The van der Waals surface area contributed by atoms with Crippen LogP contribution in [-0.4, -0.2) is 44.4 Å². The number of carbonyl (C=O) groups is 3. The molecule has 146 valence electrons.